The molecule has 0 aliphatic carbocycles. The first kappa shape index (κ1) is 50.3. The molecule has 3 fully saturated rings. The van der Waals surface area contributed by atoms with Crippen LogP contribution in [0.25, 0.3) is 0 Å². The Kier molecular flexibility index (Phi) is 34.2. The van der Waals surface area contributed by atoms with Gasteiger partial charge >= 0.3 is 0 Å². The lowest BCUT2D eigenvalue weighted by Crippen LogP contribution is -2.36. The van der Waals surface area contributed by atoms with Crippen molar-refractivity contribution in [2.24, 2.45) is 0 Å². The van der Waals surface area contributed by atoms with Crippen LogP contribution in [0.4, 0.5) is 0 Å². The summed E-state index contributed by atoms with van der Waals surface area (Å²) in [7, 11) is 12.6. The summed E-state index contributed by atoms with van der Waals surface area (Å²) < 4.78 is 0.931. The van der Waals surface area contributed by atoms with Crippen LogP contribution < -0.4 is 21.3 Å². The van der Waals surface area contributed by atoms with E-state index in [2.05, 4.69) is 82.1 Å². The van der Waals surface area contributed by atoms with Gasteiger partial charge in [0.1, 0.15) is 9.41 Å². The summed E-state index contributed by atoms with van der Waals surface area (Å²) in [6.45, 7) is 2.82. The van der Waals surface area contributed by atoms with Crippen molar-refractivity contribution in [3.63, 3.8) is 0 Å². The lowest BCUT2D eigenvalue weighted by Gasteiger charge is -2.13. The van der Waals surface area contributed by atoms with Gasteiger partial charge in [0.15, 0.2) is 0 Å². The zero-order valence-corrected chi connectivity index (χ0v) is 35.7. The number of amides is 6. The molecule has 266 valence electrons. The fraction of sp³-hybridized carbons (Fsp3) is 0.565. The Morgan fingerprint density at radius 3 is 1.21 bits per heavy atom. The van der Waals surface area contributed by atoms with Gasteiger partial charge in [-0.2, -0.15) is 0 Å². The molecule has 0 aromatic carbocycles. The smallest absolute Gasteiger partial charge is 0.253 e. The molecule has 0 bridgehead atoms. The Balaban J connectivity index is 0. The Morgan fingerprint density at radius 1 is 0.681 bits per heavy atom. The fourth-order valence-electron chi connectivity index (χ4n) is 2.88. The van der Waals surface area contributed by atoms with Crippen molar-refractivity contribution in [2.45, 2.75) is 37.1 Å². The first-order valence-corrected chi connectivity index (χ1v) is 30.3. The Bertz CT molecular complexity index is 992. The van der Waals surface area contributed by atoms with Gasteiger partial charge in [-0.3, -0.25) is 49.2 Å². The number of carbonyl (C=O) groups excluding carboxylic acids is 6. The third-order valence-corrected chi connectivity index (χ3v) is 12.3. The number of nitrogens with zero attached hydrogens (tertiary/aromatic N) is 2. The summed E-state index contributed by atoms with van der Waals surface area (Å²) in [4.78, 5) is 69.9. The van der Waals surface area contributed by atoms with E-state index in [4.69, 9.17) is 0 Å². The maximum Gasteiger partial charge on any atom is 0.253 e. The molecule has 0 saturated carbocycles. The standard InChI is InChI=1S/2C10H13N3O3S2.CH2S2.2CH4.I2.P2S2/c2*14-7(11-4-5-12-10-17-18-10)3-6-13-8(15)1-2-9(13)16;1-2-3-1;;;1-2;3-1-2-4/h2*1-2,10,12H,3-6H2,(H,11,14);1H2;2*1H4;;. The predicted octanol–water partition coefficient (Wildman–Crippen LogP) is 5.47. The minimum absolute atomic E-state index is 0. The Morgan fingerprint density at radius 2 is 0.979 bits per heavy atom. The molecule has 3 saturated heterocycles. The van der Waals surface area contributed by atoms with Gasteiger partial charge in [0.05, 0.1) is 5.08 Å². The van der Waals surface area contributed by atoms with E-state index in [9.17, 15) is 28.8 Å². The molecule has 24 heteroatoms. The zero-order chi connectivity index (χ0) is 33.5. The van der Waals surface area contributed by atoms with E-state index >= 15 is 0 Å². The maximum absolute atomic E-state index is 11.5. The van der Waals surface area contributed by atoms with Gasteiger partial charge in [-0.1, -0.05) is 79.6 Å². The summed E-state index contributed by atoms with van der Waals surface area (Å²) in [5.41, 5.74) is 0. The van der Waals surface area contributed by atoms with Gasteiger partial charge in [0.25, 0.3) is 23.6 Å². The number of nitrogens with one attached hydrogen (secondary N) is 4. The predicted molar refractivity (Wildman–Crippen MR) is 231 cm³/mol. The summed E-state index contributed by atoms with van der Waals surface area (Å²) in [6.07, 6.45) is 5.16. The van der Waals surface area contributed by atoms with Crippen LogP contribution in [0.15, 0.2) is 24.3 Å². The average Bonchev–Trinajstić information content (AvgIpc) is 3.89. The SMILES string of the molecule is C.C.C1SS1.II.O=C(CCN1C(=O)C=CC1=O)NCCNC1SS1.O=C(CCN1C(=O)C=CC1=O)NCCNC1SS1.S=PP=S. The highest BCUT2D eigenvalue weighted by molar-refractivity contribution is 15.0. The van der Waals surface area contributed by atoms with Crippen molar-refractivity contribution in [1.29, 1.82) is 0 Å². The van der Waals surface area contributed by atoms with E-state index < -0.39 is 0 Å². The largest absolute Gasteiger partial charge is 0.355 e. The molecule has 0 aromatic rings. The quantitative estimate of drug-likeness (QED) is 0.0409. The van der Waals surface area contributed by atoms with E-state index in [1.807, 2.05) is 21.6 Å². The molecule has 0 spiro atoms. The summed E-state index contributed by atoms with van der Waals surface area (Å²) in [5.74, 6) is -1.70. The molecule has 47 heavy (non-hydrogen) atoms. The van der Waals surface area contributed by atoms with E-state index in [0.717, 1.165) is 37.0 Å². The van der Waals surface area contributed by atoms with Crippen molar-refractivity contribution in [3.05, 3.63) is 24.3 Å². The van der Waals surface area contributed by atoms with E-state index in [0.29, 0.717) is 22.5 Å². The second-order valence-electron chi connectivity index (χ2n) is 8.00. The molecule has 5 aliphatic heterocycles. The molecular weight excluding hydrogens is 1030 g/mol. The summed E-state index contributed by atoms with van der Waals surface area (Å²) in [6, 6.07) is 0. The highest BCUT2D eigenvalue weighted by Crippen LogP contribution is 2.51. The number of carbonyl (C=O) groups is 6. The Hall–Kier alpha value is 1.22. The van der Waals surface area contributed by atoms with Crippen LogP contribution in [0.5, 0.6) is 0 Å². The normalized spacial score (nSPS) is 16.6. The third kappa shape index (κ3) is 27.5. The first-order chi connectivity index (χ1) is 21.7. The van der Waals surface area contributed by atoms with Crippen LogP contribution in [-0.2, 0) is 52.4 Å². The highest BCUT2D eigenvalue weighted by atomic mass is 128. The van der Waals surface area contributed by atoms with Crippen molar-refractivity contribution in [2.75, 3.05) is 44.4 Å². The van der Waals surface area contributed by atoms with Crippen molar-refractivity contribution in [3.8, 4) is 0 Å². The molecule has 4 N–H and O–H groups in total. The van der Waals surface area contributed by atoms with Crippen LogP contribution in [0.3, 0.4) is 0 Å². The van der Waals surface area contributed by atoms with E-state index in [1.54, 1.807) is 43.2 Å². The fourth-order valence-corrected chi connectivity index (χ4v) is 4.89. The molecular formula is C23H36I2N6O6P2S8. The average molecular weight is 1060 g/mol. The van der Waals surface area contributed by atoms with Crippen LogP contribution >= 0.6 is 116 Å². The van der Waals surface area contributed by atoms with Crippen LogP contribution in [-0.4, -0.2) is 99.0 Å². The minimum atomic E-state index is -0.350. The molecule has 5 rings (SSSR count). The van der Waals surface area contributed by atoms with Crippen LogP contribution in [0.2, 0.25) is 0 Å². The molecule has 0 aromatic heterocycles. The van der Waals surface area contributed by atoms with Crippen molar-refractivity contribution < 1.29 is 28.8 Å². The van der Waals surface area contributed by atoms with Gasteiger partial charge in [0, 0.05) is 128 Å². The number of hydrogen-bond donors (Lipinski definition) is 4. The zero-order valence-electron chi connectivity index (χ0n) is 23.1. The molecule has 5 heterocycles. The summed E-state index contributed by atoms with van der Waals surface area (Å²) in [5, 5.41) is 13.2. The lowest BCUT2D eigenvalue weighted by molar-refractivity contribution is -0.139. The maximum atomic E-state index is 11.5. The topological polar surface area (TPSA) is 157 Å². The Labute approximate surface area is 336 Å². The van der Waals surface area contributed by atoms with Crippen molar-refractivity contribution >= 4 is 175 Å². The lowest BCUT2D eigenvalue weighted by atomic mass is 10.3. The second-order valence-corrected chi connectivity index (χ2v) is 20.6. The number of hydrogen-bond acceptors (Lipinski definition) is 16. The molecule has 5 aliphatic rings. The van der Waals surface area contributed by atoms with Gasteiger partial charge in [-0.05, 0) is 23.6 Å². The van der Waals surface area contributed by atoms with E-state index in [1.165, 1.54) is 29.4 Å². The number of rotatable bonds is 15. The van der Waals surface area contributed by atoms with Gasteiger partial charge in [0.2, 0.25) is 11.8 Å². The number of imide groups is 2. The molecule has 0 radical (unpaired) electrons. The number of halogens is 2. The van der Waals surface area contributed by atoms with Gasteiger partial charge in [-0.15, -0.1) is 0 Å². The third-order valence-electron chi connectivity index (χ3n) is 4.98. The first-order valence-electron chi connectivity index (χ1n) is 12.5. The molecule has 0 atom stereocenters. The second kappa shape index (κ2) is 31.9. The molecule has 0 unspecified atom stereocenters. The molecule has 6 amide bonds. The highest BCUT2D eigenvalue weighted by Gasteiger charge is 2.25. The molecule has 12 nitrogen and oxygen atoms in total. The van der Waals surface area contributed by atoms with E-state index in [-0.39, 0.29) is 76.2 Å². The van der Waals surface area contributed by atoms with Crippen LogP contribution in [0, 0.1) is 0 Å². The van der Waals surface area contributed by atoms with Gasteiger partial charge in [-0.25, -0.2) is 0 Å². The van der Waals surface area contributed by atoms with Gasteiger partial charge < -0.3 is 10.6 Å². The van der Waals surface area contributed by atoms with Crippen LogP contribution in [0.1, 0.15) is 27.7 Å². The minimum Gasteiger partial charge on any atom is -0.355 e. The monoisotopic (exact) mass is 1060 g/mol. The summed E-state index contributed by atoms with van der Waals surface area (Å²) >= 11 is 13.1. The van der Waals surface area contributed by atoms with Crippen molar-refractivity contribution in [1.82, 2.24) is 31.1 Å².